The molecule has 3 atom stereocenters. The molecule has 242 valence electrons. The van der Waals surface area contributed by atoms with Crippen molar-refractivity contribution in [2.75, 3.05) is 40.9 Å². The van der Waals surface area contributed by atoms with E-state index in [2.05, 4.69) is 43.5 Å². The Kier molecular flexibility index (Phi) is 24.8. The Morgan fingerprint density at radius 3 is 2.02 bits per heavy atom. The number of quaternary nitrogens is 1. The second kappa shape index (κ2) is 25.5. The lowest BCUT2D eigenvalue weighted by molar-refractivity contribution is -0.870. The minimum Gasteiger partial charge on any atom is -0.391 e. The number of carbonyl (C=O) groups excluding carboxylic acids is 1. The Balaban J connectivity index is 4.35. The number of allylic oxidation sites excluding steroid dienone is 4. The summed E-state index contributed by atoms with van der Waals surface area (Å²) in [5, 5.41) is 13.6. The van der Waals surface area contributed by atoms with Gasteiger partial charge < -0.3 is 19.8 Å². The standard InChI is InChI=1S/C32H63N2O6P/c1-6-8-10-12-13-14-15-16-17-18-19-20-21-22-24-26-32(36)33-30(31(35)25-23-11-9-7-2)29-40-41(37,38)39-28-27-34(3,4)5/h13-14,16-17,30-31,35H,6-12,15,18-29H2,1-5H3,(H-,33,36,37,38)/p+1/b14-13-,17-16-. The fraction of sp³-hybridized carbons (Fsp3) is 0.844. The minimum absolute atomic E-state index is 0.0701. The van der Waals surface area contributed by atoms with E-state index in [-0.39, 0.29) is 19.1 Å². The molecule has 0 aromatic carbocycles. The second-order valence-electron chi connectivity index (χ2n) is 12.2. The van der Waals surface area contributed by atoms with Crippen LogP contribution in [0.3, 0.4) is 0 Å². The van der Waals surface area contributed by atoms with Crippen molar-refractivity contribution in [3.05, 3.63) is 24.3 Å². The van der Waals surface area contributed by atoms with Gasteiger partial charge in [-0.1, -0.05) is 95.9 Å². The zero-order valence-electron chi connectivity index (χ0n) is 27.0. The van der Waals surface area contributed by atoms with Crippen molar-refractivity contribution in [2.24, 2.45) is 0 Å². The molecule has 0 aliphatic carbocycles. The van der Waals surface area contributed by atoms with E-state index in [1.54, 1.807) is 0 Å². The maximum absolute atomic E-state index is 12.6. The van der Waals surface area contributed by atoms with E-state index in [1.165, 1.54) is 25.7 Å². The summed E-state index contributed by atoms with van der Waals surface area (Å²) in [5.41, 5.74) is 0. The van der Waals surface area contributed by atoms with Crippen molar-refractivity contribution in [3.63, 3.8) is 0 Å². The van der Waals surface area contributed by atoms with Crippen LogP contribution >= 0.6 is 7.82 Å². The molecule has 0 saturated carbocycles. The molecule has 41 heavy (non-hydrogen) atoms. The highest BCUT2D eigenvalue weighted by Crippen LogP contribution is 2.43. The predicted molar refractivity (Wildman–Crippen MR) is 171 cm³/mol. The molecule has 0 fully saturated rings. The average Bonchev–Trinajstić information content (AvgIpc) is 2.90. The number of amides is 1. The van der Waals surface area contributed by atoms with Crippen molar-refractivity contribution in [1.82, 2.24) is 5.32 Å². The van der Waals surface area contributed by atoms with Gasteiger partial charge >= 0.3 is 7.82 Å². The minimum atomic E-state index is -4.29. The molecule has 0 rings (SSSR count). The third-order valence-electron chi connectivity index (χ3n) is 6.95. The van der Waals surface area contributed by atoms with Crippen molar-refractivity contribution >= 4 is 13.7 Å². The third kappa shape index (κ3) is 27.6. The van der Waals surface area contributed by atoms with Crippen LogP contribution in [0.1, 0.15) is 123 Å². The van der Waals surface area contributed by atoms with E-state index in [9.17, 15) is 19.4 Å². The van der Waals surface area contributed by atoms with Gasteiger partial charge in [-0.05, 0) is 44.9 Å². The first-order chi connectivity index (χ1) is 19.5. The molecular formula is C32H64N2O6P+. The van der Waals surface area contributed by atoms with Crippen LogP contribution in [-0.4, -0.2) is 73.4 Å². The molecule has 0 saturated heterocycles. The van der Waals surface area contributed by atoms with Gasteiger partial charge in [-0.15, -0.1) is 0 Å². The van der Waals surface area contributed by atoms with Gasteiger partial charge in [0, 0.05) is 6.42 Å². The highest BCUT2D eigenvalue weighted by atomic mass is 31.2. The molecule has 0 aromatic heterocycles. The van der Waals surface area contributed by atoms with E-state index in [0.717, 1.165) is 70.6 Å². The Bertz CT molecular complexity index is 738. The highest BCUT2D eigenvalue weighted by molar-refractivity contribution is 7.47. The van der Waals surface area contributed by atoms with Gasteiger partial charge in [0.25, 0.3) is 0 Å². The smallest absolute Gasteiger partial charge is 0.391 e. The molecule has 0 spiro atoms. The number of nitrogens with one attached hydrogen (secondary N) is 1. The first-order valence-corrected chi connectivity index (χ1v) is 17.7. The first kappa shape index (κ1) is 40.0. The summed E-state index contributed by atoms with van der Waals surface area (Å²) in [4.78, 5) is 22.7. The van der Waals surface area contributed by atoms with Crippen LogP contribution in [0.5, 0.6) is 0 Å². The molecule has 0 heterocycles. The molecule has 0 aromatic rings. The SMILES string of the molecule is CCCCC/C=C\C/C=C\CCCCCCCC(=O)NC(COP(=O)(O)OCC[N+](C)(C)C)C(O)CCCCCC. The predicted octanol–water partition coefficient (Wildman–Crippen LogP) is 7.46. The van der Waals surface area contributed by atoms with E-state index in [4.69, 9.17) is 9.05 Å². The highest BCUT2D eigenvalue weighted by Gasteiger charge is 2.28. The van der Waals surface area contributed by atoms with Crippen LogP contribution in [0, 0.1) is 0 Å². The fourth-order valence-corrected chi connectivity index (χ4v) is 4.98. The van der Waals surface area contributed by atoms with Crippen molar-refractivity contribution in [2.45, 2.75) is 135 Å². The van der Waals surface area contributed by atoms with Crippen molar-refractivity contribution in [3.8, 4) is 0 Å². The van der Waals surface area contributed by atoms with Gasteiger partial charge in [-0.3, -0.25) is 13.8 Å². The number of hydrogen-bond donors (Lipinski definition) is 3. The van der Waals surface area contributed by atoms with Crippen LogP contribution in [0.4, 0.5) is 0 Å². The summed E-state index contributed by atoms with van der Waals surface area (Å²) in [5.74, 6) is -0.171. The molecule has 0 bridgehead atoms. The van der Waals surface area contributed by atoms with Gasteiger partial charge in [0.05, 0.1) is 39.9 Å². The zero-order chi connectivity index (χ0) is 30.8. The van der Waals surface area contributed by atoms with Gasteiger partial charge in [0.1, 0.15) is 13.2 Å². The van der Waals surface area contributed by atoms with Crippen LogP contribution in [0.15, 0.2) is 24.3 Å². The number of aliphatic hydroxyl groups is 1. The van der Waals surface area contributed by atoms with Gasteiger partial charge in [0.15, 0.2) is 0 Å². The number of rotatable bonds is 28. The summed E-state index contributed by atoms with van der Waals surface area (Å²) in [6.07, 6.45) is 25.3. The number of nitrogens with zero attached hydrogens (tertiary/aromatic N) is 1. The topological polar surface area (TPSA) is 105 Å². The van der Waals surface area contributed by atoms with Crippen LogP contribution in [0.2, 0.25) is 0 Å². The second-order valence-corrected chi connectivity index (χ2v) is 13.6. The van der Waals surface area contributed by atoms with Crippen LogP contribution in [0.25, 0.3) is 0 Å². The molecule has 0 radical (unpaired) electrons. The normalized spacial score (nSPS) is 15.4. The fourth-order valence-electron chi connectivity index (χ4n) is 4.25. The molecule has 0 aliphatic rings. The summed E-state index contributed by atoms with van der Waals surface area (Å²) < 4.78 is 23.2. The summed E-state index contributed by atoms with van der Waals surface area (Å²) in [6.45, 7) is 4.69. The Morgan fingerprint density at radius 1 is 0.829 bits per heavy atom. The zero-order valence-corrected chi connectivity index (χ0v) is 27.9. The lowest BCUT2D eigenvalue weighted by Gasteiger charge is -2.26. The Hall–Kier alpha value is -1.02. The lowest BCUT2D eigenvalue weighted by atomic mass is 10.0. The number of hydrogen-bond acceptors (Lipinski definition) is 5. The summed E-state index contributed by atoms with van der Waals surface area (Å²) in [6, 6.07) is -0.760. The Morgan fingerprint density at radius 2 is 1.39 bits per heavy atom. The lowest BCUT2D eigenvalue weighted by Crippen LogP contribution is -2.46. The monoisotopic (exact) mass is 603 g/mol. The van der Waals surface area contributed by atoms with Crippen molar-refractivity contribution in [1.29, 1.82) is 0 Å². The molecule has 3 unspecified atom stereocenters. The van der Waals surface area contributed by atoms with Crippen LogP contribution in [-0.2, 0) is 18.4 Å². The van der Waals surface area contributed by atoms with Gasteiger partial charge in [0.2, 0.25) is 5.91 Å². The molecule has 1 amide bonds. The van der Waals surface area contributed by atoms with Crippen LogP contribution < -0.4 is 5.32 Å². The van der Waals surface area contributed by atoms with E-state index in [0.29, 0.717) is 23.9 Å². The summed E-state index contributed by atoms with van der Waals surface area (Å²) in [7, 11) is 1.59. The van der Waals surface area contributed by atoms with E-state index >= 15 is 0 Å². The number of unbranched alkanes of at least 4 members (excludes halogenated alkanes) is 11. The maximum atomic E-state index is 12.6. The van der Waals surface area contributed by atoms with E-state index in [1.807, 2.05) is 21.1 Å². The number of phosphoric ester groups is 1. The van der Waals surface area contributed by atoms with E-state index < -0.39 is 20.0 Å². The largest absolute Gasteiger partial charge is 0.472 e. The number of carbonyl (C=O) groups is 1. The molecule has 3 N–H and O–H groups in total. The molecular weight excluding hydrogens is 539 g/mol. The number of likely N-dealkylation sites (N-methyl/N-ethyl adjacent to an activating group) is 1. The Labute approximate surface area is 252 Å². The maximum Gasteiger partial charge on any atom is 0.472 e. The molecule has 8 nitrogen and oxygen atoms in total. The third-order valence-corrected chi connectivity index (χ3v) is 7.94. The van der Waals surface area contributed by atoms with Gasteiger partial charge in [-0.2, -0.15) is 0 Å². The van der Waals surface area contributed by atoms with Crippen molar-refractivity contribution < 1.29 is 32.9 Å². The summed E-state index contributed by atoms with van der Waals surface area (Å²) >= 11 is 0. The molecule has 9 heteroatoms. The van der Waals surface area contributed by atoms with Gasteiger partial charge in [-0.25, -0.2) is 4.57 Å². The quantitative estimate of drug-likeness (QED) is 0.0371. The number of aliphatic hydroxyl groups excluding tert-OH is 1. The average molecular weight is 604 g/mol. The first-order valence-electron chi connectivity index (χ1n) is 16.2. The number of phosphoric acid groups is 1. The molecule has 0 aliphatic heterocycles.